The molecule has 0 saturated heterocycles. The Morgan fingerprint density at radius 2 is 2.16 bits per heavy atom. The molecule has 0 atom stereocenters. The SMILES string of the molecule is O=c1cc[nH]c2c1CC=C(c1ccc(O)c(Br)c1)O2. The number of aromatic amines is 1. The van der Waals surface area contributed by atoms with Gasteiger partial charge in [0.2, 0.25) is 5.88 Å². The third-order valence-corrected chi connectivity index (χ3v) is 3.59. The van der Waals surface area contributed by atoms with E-state index in [2.05, 4.69) is 20.9 Å². The highest BCUT2D eigenvalue weighted by Crippen LogP contribution is 2.31. The van der Waals surface area contributed by atoms with Crippen LogP contribution in [0.15, 0.2) is 45.8 Å². The third-order valence-electron chi connectivity index (χ3n) is 2.96. The average Bonchev–Trinajstić information content (AvgIpc) is 2.42. The highest BCUT2D eigenvalue weighted by atomic mass is 79.9. The van der Waals surface area contributed by atoms with Crippen LogP contribution in [0.25, 0.3) is 5.76 Å². The molecule has 5 heteroatoms. The molecule has 0 radical (unpaired) electrons. The summed E-state index contributed by atoms with van der Waals surface area (Å²) in [6.07, 6.45) is 3.95. The summed E-state index contributed by atoms with van der Waals surface area (Å²) in [5.41, 5.74) is 1.43. The third kappa shape index (κ3) is 2.17. The molecule has 1 aliphatic rings. The summed E-state index contributed by atoms with van der Waals surface area (Å²) in [6, 6.07) is 6.61. The predicted octanol–water partition coefficient (Wildman–Crippen LogP) is 2.82. The molecular formula is C14H10BrNO3. The second-order valence-electron chi connectivity index (χ2n) is 4.19. The van der Waals surface area contributed by atoms with E-state index < -0.39 is 0 Å². The van der Waals surface area contributed by atoms with Gasteiger partial charge < -0.3 is 14.8 Å². The van der Waals surface area contributed by atoms with Gasteiger partial charge in [-0.05, 0) is 40.2 Å². The lowest BCUT2D eigenvalue weighted by atomic mass is 10.1. The summed E-state index contributed by atoms with van der Waals surface area (Å²) in [7, 11) is 0. The van der Waals surface area contributed by atoms with Crippen LogP contribution >= 0.6 is 15.9 Å². The van der Waals surface area contributed by atoms with Crippen LogP contribution in [0.4, 0.5) is 0 Å². The van der Waals surface area contributed by atoms with Crippen molar-refractivity contribution in [1.82, 2.24) is 4.98 Å². The van der Waals surface area contributed by atoms with Gasteiger partial charge in [0, 0.05) is 24.2 Å². The fourth-order valence-electron chi connectivity index (χ4n) is 1.96. The molecule has 2 aromatic rings. The van der Waals surface area contributed by atoms with E-state index in [-0.39, 0.29) is 11.2 Å². The van der Waals surface area contributed by atoms with E-state index in [0.717, 1.165) is 5.56 Å². The lowest BCUT2D eigenvalue weighted by Crippen LogP contribution is -2.14. The maximum absolute atomic E-state index is 11.6. The summed E-state index contributed by atoms with van der Waals surface area (Å²) in [5, 5.41) is 9.48. The molecule has 1 aromatic heterocycles. The quantitative estimate of drug-likeness (QED) is 0.849. The number of phenolic OH excluding ortho intramolecular Hbond substituents is 1. The molecule has 1 aromatic carbocycles. The monoisotopic (exact) mass is 319 g/mol. The van der Waals surface area contributed by atoms with Gasteiger partial charge in [0.05, 0.1) is 10.0 Å². The Morgan fingerprint density at radius 3 is 2.95 bits per heavy atom. The van der Waals surface area contributed by atoms with Crippen molar-refractivity contribution >= 4 is 21.7 Å². The summed E-state index contributed by atoms with van der Waals surface area (Å²) in [4.78, 5) is 14.6. The number of fused-ring (bicyclic) bond motifs is 1. The zero-order valence-electron chi connectivity index (χ0n) is 9.81. The summed E-state index contributed by atoms with van der Waals surface area (Å²) in [6.45, 7) is 0. The van der Waals surface area contributed by atoms with E-state index in [1.54, 1.807) is 24.4 Å². The maximum atomic E-state index is 11.6. The van der Waals surface area contributed by atoms with Crippen molar-refractivity contribution < 1.29 is 9.84 Å². The Hall–Kier alpha value is -2.01. The molecule has 4 nitrogen and oxygen atoms in total. The standard InChI is InChI=1S/C14H10BrNO3/c15-10-7-8(1-3-12(10)18)13-4-2-9-11(17)5-6-16-14(9)19-13/h1,3-7,18H,2H2,(H,16,17). The molecule has 0 unspecified atom stereocenters. The highest BCUT2D eigenvalue weighted by Gasteiger charge is 2.17. The topological polar surface area (TPSA) is 62.3 Å². The normalized spacial score (nSPS) is 13.4. The number of pyridine rings is 1. The Kier molecular flexibility index (Phi) is 2.91. The number of aromatic nitrogens is 1. The highest BCUT2D eigenvalue weighted by molar-refractivity contribution is 9.10. The molecule has 0 fully saturated rings. The van der Waals surface area contributed by atoms with Crippen LogP contribution in [-0.2, 0) is 6.42 Å². The van der Waals surface area contributed by atoms with Gasteiger partial charge in [-0.15, -0.1) is 0 Å². The van der Waals surface area contributed by atoms with Crippen LogP contribution in [-0.4, -0.2) is 10.1 Å². The lowest BCUT2D eigenvalue weighted by Gasteiger charge is -2.17. The molecule has 19 heavy (non-hydrogen) atoms. The van der Waals surface area contributed by atoms with Gasteiger partial charge in [0.15, 0.2) is 5.43 Å². The molecule has 0 amide bonds. The minimum Gasteiger partial charge on any atom is -0.507 e. The first-order valence-corrected chi connectivity index (χ1v) is 6.52. The van der Waals surface area contributed by atoms with E-state index in [1.807, 2.05) is 6.08 Å². The number of hydrogen-bond acceptors (Lipinski definition) is 3. The van der Waals surface area contributed by atoms with Crippen LogP contribution < -0.4 is 10.2 Å². The molecule has 0 aliphatic carbocycles. The fourth-order valence-corrected chi connectivity index (χ4v) is 2.34. The largest absolute Gasteiger partial charge is 0.507 e. The molecule has 0 spiro atoms. The number of nitrogens with one attached hydrogen (secondary N) is 1. The van der Waals surface area contributed by atoms with Gasteiger partial charge in [-0.1, -0.05) is 0 Å². The van der Waals surface area contributed by atoms with Crippen LogP contribution in [0.2, 0.25) is 0 Å². The lowest BCUT2D eigenvalue weighted by molar-refractivity contribution is 0.468. The maximum Gasteiger partial charge on any atom is 0.204 e. The Bertz CT molecular complexity index is 734. The number of rotatable bonds is 1. The zero-order chi connectivity index (χ0) is 13.4. The van der Waals surface area contributed by atoms with Gasteiger partial charge in [-0.25, -0.2) is 0 Å². The molecule has 0 bridgehead atoms. The van der Waals surface area contributed by atoms with Crippen LogP contribution in [0.5, 0.6) is 11.6 Å². The number of phenols is 1. The van der Waals surface area contributed by atoms with Gasteiger partial charge in [-0.2, -0.15) is 0 Å². The number of ether oxygens (including phenoxy) is 1. The van der Waals surface area contributed by atoms with E-state index in [0.29, 0.717) is 28.1 Å². The summed E-state index contributed by atoms with van der Waals surface area (Å²) >= 11 is 3.27. The molecule has 3 rings (SSSR count). The van der Waals surface area contributed by atoms with Crippen LogP contribution in [0.3, 0.4) is 0 Å². The molecule has 0 saturated carbocycles. The minimum absolute atomic E-state index is 0.0315. The average molecular weight is 320 g/mol. The van der Waals surface area contributed by atoms with E-state index >= 15 is 0 Å². The first-order valence-electron chi connectivity index (χ1n) is 5.72. The van der Waals surface area contributed by atoms with Crippen molar-refractivity contribution in [1.29, 1.82) is 0 Å². The zero-order valence-corrected chi connectivity index (χ0v) is 11.4. The number of benzene rings is 1. The van der Waals surface area contributed by atoms with Crippen molar-refractivity contribution in [2.24, 2.45) is 0 Å². The minimum atomic E-state index is -0.0315. The predicted molar refractivity (Wildman–Crippen MR) is 75.2 cm³/mol. The van der Waals surface area contributed by atoms with Crippen LogP contribution in [0.1, 0.15) is 11.1 Å². The summed E-state index contributed by atoms with van der Waals surface area (Å²) in [5.74, 6) is 1.32. The van der Waals surface area contributed by atoms with E-state index in [9.17, 15) is 9.90 Å². The van der Waals surface area contributed by atoms with Crippen molar-refractivity contribution in [3.8, 4) is 11.6 Å². The molecule has 2 N–H and O–H groups in total. The Labute approximate surface area is 117 Å². The van der Waals surface area contributed by atoms with E-state index in [4.69, 9.17) is 4.74 Å². The van der Waals surface area contributed by atoms with Crippen molar-refractivity contribution in [3.05, 3.63) is 62.4 Å². The van der Waals surface area contributed by atoms with Crippen molar-refractivity contribution in [2.45, 2.75) is 6.42 Å². The van der Waals surface area contributed by atoms with Gasteiger partial charge >= 0.3 is 0 Å². The first kappa shape index (κ1) is 12.0. The molecule has 96 valence electrons. The second kappa shape index (κ2) is 4.59. The molecule has 2 heterocycles. The van der Waals surface area contributed by atoms with Gasteiger partial charge in [0.1, 0.15) is 11.5 Å². The number of allylic oxidation sites excluding steroid dienone is 1. The number of hydrogen-bond donors (Lipinski definition) is 2. The summed E-state index contributed by atoms with van der Waals surface area (Å²) < 4.78 is 6.30. The smallest absolute Gasteiger partial charge is 0.204 e. The first-order chi connectivity index (χ1) is 9.15. The molecular weight excluding hydrogens is 310 g/mol. The fraction of sp³-hybridized carbons (Fsp3) is 0.0714. The van der Waals surface area contributed by atoms with Crippen molar-refractivity contribution in [2.75, 3.05) is 0 Å². The second-order valence-corrected chi connectivity index (χ2v) is 5.04. The number of aromatic hydroxyl groups is 1. The van der Waals surface area contributed by atoms with Crippen LogP contribution in [0, 0.1) is 0 Å². The van der Waals surface area contributed by atoms with Crippen molar-refractivity contribution in [3.63, 3.8) is 0 Å². The van der Waals surface area contributed by atoms with E-state index in [1.165, 1.54) is 6.07 Å². The Morgan fingerprint density at radius 1 is 1.32 bits per heavy atom. The Balaban J connectivity index is 1.99. The van der Waals surface area contributed by atoms with Gasteiger partial charge in [-0.3, -0.25) is 4.79 Å². The number of H-pyrrole nitrogens is 1. The molecule has 1 aliphatic heterocycles. The number of halogens is 1. The van der Waals surface area contributed by atoms with Gasteiger partial charge in [0.25, 0.3) is 0 Å².